The first-order valence-electron chi connectivity index (χ1n) is 11.1. The predicted octanol–water partition coefficient (Wildman–Crippen LogP) is 6.41. The molecule has 0 unspecified atom stereocenters. The van der Waals surface area contributed by atoms with E-state index in [0.29, 0.717) is 0 Å². The van der Waals surface area contributed by atoms with E-state index < -0.39 is 0 Å². The second kappa shape index (κ2) is 11.7. The lowest BCUT2D eigenvalue weighted by Gasteiger charge is -2.10. The molecule has 6 nitrogen and oxygen atoms in total. The van der Waals surface area contributed by atoms with Crippen molar-refractivity contribution in [2.45, 2.75) is 13.8 Å². The average Bonchev–Trinajstić information content (AvgIpc) is 2.83. The molecule has 3 aromatic rings. The van der Waals surface area contributed by atoms with Gasteiger partial charge in [-0.1, -0.05) is 24.3 Å². The van der Waals surface area contributed by atoms with Gasteiger partial charge in [0.15, 0.2) is 0 Å². The summed E-state index contributed by atoms with van der Waals surface area (Å²) in [4.78, 5) is 22.2. The monoisotopic (exact) mass is 454 g/mol. The number of hydrogen-bond acceptors (Lipinski definition) is 4. The molecule has 0 N–H and O–H groups in total. The van der Waals surface area contributed by atoms with Crippen LogP contribution in [-0.2, 0) is 0 Å². The third-order valence-electron chi connectivity index (χ3n) is 5.24. The maximum absolute atomic E-state index is 4.56. The minimum atomic E-state index is 0.889. The molecule has 0 amide bonds. The van der Waals surface area contributed by atoms with Gasteiger partial charge in [0, 0.05) is 40.6 Å². The normalized spacial score (nSPS) is 12.5. The third kappa shape index (κ3) is 7.52. The van der Waals surface area contributed by atoms with E-state index in [1.807, 2.05) is 137 Å². The van der Waals surface area contributed by atoms with Crippen LogP contribution in [0.25, 0.3) is 0 Å². The van der Waals surface area contributed by atoms with E-state index in [1.165, 1.54) is 0 Å². The number of hydrogen-bond donors (Lipinski definition) is 0. The van der Waals surface area contributed by atoms with Crippen molar-refractivity contribution in [2.24, 2.45) is 20.0 Å². The summed E-state index contributed by atoms with van der Waals surface area (Å²) < 4.78 is 0. The molecule has 34 heavy (non-hydrogen) atoms. The third-order valence-corrected chi connectivity index (χ3v) is 5.24. The molecule has 0 radical (unpaired) electrons. The number of aliphatic imine (C=N–C) groups is 4. The molecule has 0 fully saturated rings. The van der Waals surface area contributed by atoms with Gasteiger partial charge in [0.1, 0.15) is 11.7 Å². The average molecular weight is 455 g/mol. The fourth-order valence-electron chi connectivity index (χ4n) is 2.77. The van der Waals surface area contributed by atoms with E-state index in [2.05, 4.69) is 20.0 Å². The minimum Gasteiger partial charge on any atom is -0.366 e. The summed E-state index contributed by atoms with van der Waals surface area (Å²) in [5.74, 6) is 1.92. The van der Waals surface area contributed by atoms with Gasteiger partial charge in [-0.2, -0.15) is 0 Å². The molecule has 0 atom stereocenters. The summed E-state index contributed by atoms with van der Waals surface area (Å²) >= 11 is 0. The van der Waals surface area contributed by atoms with Crippen molar-refractivity contribution in [3.05, 3.63) is 83.9 Å². The quantitative estimate of drug-likeness (QED) is 0.319. The van der Waals surface area contributed by atoms with E-state index in [9.17, 15) is 0 Å². The second-order valence-corrected chi connectivity index (χ2v) is 8.32. The van der Waals surface area contributed by atoms with E-state index in [4.69, 9.17) is 0 Å². The van der Waals surface area contributed by atoms with Crippen LogP contribution in [0.2, 0.25) is 0 Å². The molecule has 3 aromatic carbocycles. The van der Waals surface area contributed by atoms with Crippen molar-refractivity contribution >= 4 is 46.8 Å². The van der Waals surface area contributed by atoms with Crippen LogP contribution >= 0.6 is 0 Å². The smallest absolute Gasteiger partial charge is 0.101 e. The van der Waals surface area contributed by atoms with E-state index >= 15 is 0 Å². The summed E-state index contributed by atoms with van der Waals surface area (Å²) in [6, 6.07) is 23.9. The zero-order valence-electron chi connectivity index (χ0n) is 20.8. The van der Waals surface area contributed by atoms with Crippen LogP contribution < -0.4 is 0 Å². The highest BCUT2D eigenvalue weighted by Gasteiger charge is 1.97. The lowest BCUT2D eigenvalue weighted by atomic mass is 10.2. The second-order valence-electron chi connectivity index (χ2n) is 8.32. The first-order valence-corrected chi connectivity index (χ1v) is 11.1. The Bertz CT molecular complexity index is 1090. The van der Waals surface area contributed by atoms with Crippen molar-refractivity contribution in [3.63, 3.8) is 0 Å². The van der Waals surface area contributed by atoms with Crippen molar-refractivity contribution in [2.75, 3.05) is 28.2 Å². The fraction of sp³-hybridized carbons (Fsp3) is 0.214. The zero-order valence-corrected chi connectivity index (χ0v) is 20.8. The van der Waals surface area contributed by atoms with Crippen LogP contribution in [0.1, 0.15) is 25.0 Å². The standard InChI is InChI=1S/C28H32N6/c1-21(33(3)4)31-27-15-11-25(12-16-27)29-19-23-7-9-24(10-8-23)20-30-26-13-17-28(18-14-26)32-22(2)34(5)6/h7-20H,1-6H3/i19+2. The van der Waals surface area contributed by atoms with Gasteiger partial charge in [-0.05, 0) is 73.5 Å². The number of benzene rings is 3. The molecule has 0 aromatic heterocycles. The van der Waals surface area contributed by atoms with Crippen LogP contribution in [-0.4, -0.2) is 62.1 Å². The first-order chi connectivity index (χ1) is 16.3. The Morgan fingerprint density at radius 1 is 0.618 bits per heavy atom. The maximum Gasteiger partial charge on any atom is 0.101 e. The summed E-state index contributed by atoms with van der Waals surface area (Å²) in [5, 5.41) is 0. The van der Waals surface area contributed by atoms with Gasteiger partial charge in [-0.15, -0.1) is 0 Å². The van der Waals surface area contributed by atoms with Crippen molar-refractivity contribution in [3.8, 4) is 0 Å². The summed E-state index contributed by atoms with van der Waals surface area (Å²) in [6.07, 6.45) is 3.72. The van der Waals surface area contributed by atoms with E-state index in [-0.39, 0.29) is 0 Å². The molecule has 0 spiro atoms. The molecular weight excluding hydrogens is 422 g/mol. The Hall–Kier alpha value is -4.06. The summed E-state index contributed by atoms with van der Waals surface area (Å²) in [6.45, 7) is 3.97. The Morgan fingerprint density at radius 3 is 1.53 bits per heavy atom. The SMILES string of the molecule is CC(=Nc1ccc(N=Cc2ccc([14CH]=Nc3ccc(N=C(C)N(C)C)cc3)cc2)cc1)N(C)C. The highest BCUT2D eigenvalue weighted by atomic mass is 15.1. The van der Waals surface area contributed by atoms with Gasteiger partial charge in [0.05, 0.1) is 22.7 Å². The zero-order chi connectivity index (χ0) is 24.5. The number of rotatable bonds is 6. The molecule has 0 saturated heterocycles. The lowest BCUT2D eigenvalue weighted by Crippen LogP contribution is -2.17. The van der Waals surface area contributed by atoms with Gasteiger partial charge < -0.3 is 9.80 Å². The Morgan fingerprint density at radius 2 is 1.06 bits per heavy atom. The van der Waals surface area contributed by atoms with E-state index in [1.54, 1.807) is 0 Å². The predicted molar refractivity (Wildman–Crippen MR) is 147 cm³/mol. The summed E-state index contributed by atoms with van der Waals surface area (Å²) in [5.41, 5.74) is 5.67. The summed E-state index contributed by atoms with van der Waals surface area (Å²) in [7, 11) is 7.93. The van der Waals surface area contributed by atoms with Crippen LogP contribution in [0.4, 0.5) is 22.7 Å². The van der Waals surface area contributed by atoms with Crippen LogP contribution in [0, 0.1) is 0 Å². The Kier molecular flexibility index (Phi) is 8.46. The van der Waals surface area contributed by atoms with Gasteiger partial charge in [0.2, 0.25) is 0 Å². The van der Waals surface area contributed by atoms with Crippen molar-refractivity contribution in [1.29, 1.82) is 0 Å². The molecule has 0 bridgehead atoms. The van der Waals surface area contributed by atoms with E-state index in [0.717, 1.165) is 45.5 Å². The van der Waals surface area contributed by atoms with Gasteiger partial charge in [0.25, 0.3) is 0 Å². The molecule has 0 aliphatic rings. The fourth-order valence-corrected chi connectivity index (χ4v) is 2.77. The molecular formula is C28H32N6. The first kappa shape index (κ1) is 24.6. The Labute approximate surface area is 202 Å². The molecule has 0 aliphatic carbocycles. The van der Waals surface area contributed by atoms with Gasteiger partial charge in [-0.25, -0.2) is 9.98 Å². The maximum atomic E-state index is 4.56. The number of nitrogens with zero attached hydrogens (tertiary/aromatic N) is 6. The molecule has 6 heteroatoms. The largest absolute Gasteiger partial charge is 0.366 e. The van der Waals surface area contributed by atoms with Crippen LogP contribution in [0.5, 0.6) is 0 Å². The minimum absolute atomic E-state index is 0.889. The van der Waals surface area contributed by atoms with Crippen LogP contribution in [0.15, 0.2) is 92.8 Å². The molecule has 0 heterocycles. The molecule has 174 valence electrons. The topological polar surface area (TPSA) is 55.9 Å². The van der Waals surface area contributed by atoms with Gasteiger partial charge >= 0.3 is 0 Å². The highest BCUT2D eigenvalue weighted by Crippen LogP contribution is 2.20. The van der Waals surface area contributed by atoms with Crippen molar-refractivity contribution in [1.82, 2.24) is 9.80 Å². The van der Waals surface area contributed by atoms with Crippen LogP contribution in [0.3, 0.4) is 0 Å². The Balaban J connectivity index is 1.60. The molecule has 3 rings (SSSR count). The molecule has 0 saturated carbocycles. The number of amidine groups is 2. The van der Waals surface area contributed by atoms with Crippen molar-refractivity contribution < 1.29 is 0 Å². The lowest BCUT2D eigenvalue weighted by molar-refractivity contribution is 0.619. The highest BCUT2D eigenvalue weighted by molar-refractivity contribution is 5.86. The van der Waals surface area contributed by atoms with Gasteiger partial charge in [-0.3, -0.25) is 9.98 Å². The molecule has 0 aliphatic heterocycles.